The van der Waals surface area contributed by atoms with Crippen LogP contribution in [-0.4, -0.2) is 30.5 Å². The van der Waals surface area contributed by atoms with Gasteiger partial charge in [-0.2, -0.15) is 0 Å². The summed E-state index contributed by atoms with van der Waals surface area (Å²) in [5, 5.41) is 5.23. The van der Waals surface area contributed by atoms with Crippen LogP contribution in [0.5, 0.6) is 5.75 Å². The van der Waals surface area contributed by atoms with Crippen LogP contribution < -0.4 is 10.1 Å². The first-order chi connectivity index (χ1) is 11.3. The zero-order chi connectivity index (χ0) is 16.1. The molecule has 1 atom stereocenters. The Kier molecular flexibility index (Phi) is 5.31. The lowest BCUT2D eigenvalue weighted by Crippen LogP contribution is -2.39. The largest absolute Gasteiger partial charge is 0.493 e. The van der Waals surface area contributed by atoms with Crippen molar-refractivity contribution in [2.45, 2.75) is 25.9 Å². The lowest BCUT2D eigenvalue weighted by Gasteiger charge is -2.27. The van der Waals surface area contributed by atoms with E-state index in [1.807, 2.05) is 30.3 Å². The molecule has 0 bridgehead atoms. The monoisotopic (exact) mass is 330 g/mol. The van der Waals surface area contributed by atoms with Crippen LogP contribution in [0.4, 0.5) is 0 Å². The van der Waals surface area contributed by atoms with Crippen LogP contribution in [0.25, 0.3) is 0 Å². The van der Waals surface area contributed by atoms with Gasteiger partial charge in [0.25, 0.3) is 0 Å². The van der Waals surface area contributed by atoms with E-state index in [0.717, 1.165) is 30.8 Å². The molecule has 5 heteroatoms. The zero-order valence-electron chi connectivity index (χ0n) is 13.3. The lowest BCUT2D eigenvalue weighted by molar-refractivity contribution is -0.123. The molecular formula is C18H22N2O2S. The fourth-order valence-electron chi connectivity index (χ4n) is 2.84. The Morgan fingerprint density at radius 2 is 2.22 bits per heavy atom. The molecular weight excluding hydrogens is 308 g/mol. The van der Waals surface area contributed by atoms with Gasteiger partial charge in [0.2, 0.25) is 5.91 Å². The van der Waals surface area contributed by atoms with Crippen molar-refractivity contribution in [3.63, 3.8) is 0 Å². The third-order valence-corrected chi connectivity index (χ3v) is 4.93. The van der Waals surface area contributed by atoms with E-state index in [1.54, 1.807) is 11.3 Å². The van der Waals surface area contributed by atoms with E-state index in [1.165, 1.54) is 4.88 Å². The highest BCUT2D eigenvalue weighted by Crippen LogP contribution is 2.31. The van der Waals surface area contributed by atoms with E-state index in [4.69, 9.17) is 4.74 Å². The van der Waals surface area contributed by atoms with Gasteiger partial charge in [0.1, 0.15) is 5.75 Å². The molecule has 0 spiro atoms. The van der Waals surface area contributed by atoms with Gasteiger partial charge in [0.15, 0.2) is 0 Å². The molecule has 0 unspecified atom stereocenters. The number of nitrogens with zero attached hydrogens (tertiary/aromatic N) is 1. The Labute approximate surface area is 141 Å². The van der Waals surface area contributed by atoms with Gasteiger partial charge in [0.05, 0.1) is 19.2 Å². The summed E-state index contributed by atoms with van der Waals surface area (Å²) in [5.74, 6) is 0.958. The zero-order valence-corrected chi connectivity index (χ0v) is 14.1. The molecule has 23 heavy (non-hydrogen) atoms. The van der Waals surface area contributed by atoms with Crippen molar-refractivity contribution in [3.05, 3.63) is 52.2 Å². The third-order valence-electron chi connectivity index (χ3n) is 4.07. The predicted molar refractivity (Wildman–Crippen MR) is 92.7 cm³/mol. The maximum absolute atomic E-state index is 12.4. The number of hydrogen-bond donors (Lipinski definition) is 1. The molecule has 0 saturated heterocycles. The molecule has 4 nitrogen and oxygen atoms in total. The SMILES string of the molecule is CCN(CC(=O)N[C@H]1CCOc2ccccc21)Cc1cccs1. The molecule has 1 aromatic carbocycles. The van der Waals surface area contributed by atoms with Crippen molar-refractivity contribution >= 4 is 17.2 Å². The number of amides is 1. The Balaban J connectivity index is 1.59. The fourth-order valence-corrected chi connectivity index (χ4v) is 3.58. The van der Waals surface area contributed by atoms with E-state index in [9.17, 15) is 4.79 Å². The van der Waals surface area contributed by atoms with Gasteiger partial charge in [-0.15, -0.1) is 11.3 Å². The van der Waals surface area contributed by atoms with Crippen LogP contribution in [-0.2, 0) is 11.3 Å². The average Bonchev–Trinajstić information content (AvgIpc) is 3.07. The minimum Gasteiger partial charge on any atom is -0.493 e. The van der Waals surface area contributed by atoms with Crippen molar-refractivity contribution in [1.82, 2.24) is 10.2 Å². The number of ether oxygens (including phenoxy) is 1. The maximum atomic E-state index is 12.4. The lowest BCUT2D eigenvalue weighted by atomic mass is 10.0. The number of para-hydroxylation sites is 1. The van der Waals surface area contributed by atoms with Gasteiger partial charge >= 0.3 is 0 Å². The topological polar surface area (TPSA) is 41.6 Å². The van der Waals surface area contributed by atoms with Gasteiger partial charge in [-0.1, -0.05) is 31.2 Å². The fraction of sp³-hybridized carbons (Fsp3) is 0.389. The summed E-state index contributed by atoms with van der Waals surface area (Å²) in [4.78, 5) is 15.9. The molecule has 122 valence electrons. The Bertz CT molecular complexity index is 642. The maximum Gasteiger partial charge on any atom is 0.234 e. The van der Waals surface area contributed by atoms with E-state index >= 15 is 0 Å². The highest BCUT2D eigenvalue weighted by molar-refractivity contribution is 7.09. The number of likely N-dealkylation sites (N-methyl/N-ethyl adjacent to an activating group) is 1. The predicted octanol–water partition coefficient (Wildman–Crippen LogP) is 3.21. The number of carbonyl (C=O) groups excluding carboxylic acids is 1. The molecule has 1 N–H and O–H groups in total. The molecule has 0 radical (unpaired) electrons. The minimum atomic E-state index is 0.0490. The minimum absolute atomic E-state index is 0.0490. The van der Waals surface area contributed by atoms with E-state index in [-0.39, 0.29) is 11.9 Å². The Hall–Kier alpha value is -1.85. The molecule has 1 aliphatic rings. The van der Waals surface area contributed by atoms with Crippen LogP contribution in [0.15, 0.2) is 41.8 Å². The molecule has 1 aliphatic heterocycles. The molecule has 1 aromatic heterocycles. The highest BCUT2D eigenvalue weighted by Gasteiger charge is 2.23. The number of benzene rings is 1. The molecule has 0 aliphatic carbocycles. The van der Waals surface area contributed by atoms with Gasteiger partial charge in [-0.3, -0.25) is 9.69 Å². The second-order valence-corrected chi connectivity index (χ2v) is 6.71. The third kappa shape index (κ3) is 4.12. The number of thiophene rings is 1. The van der Waals surface area contributed by atoms with E-state index in [0.29, 0.717) is 13.2 Å². The van der Waals surface area contributed by atoms with E-state index < -0.39 is 0 Å². The smallest absolute Gasteiger partial charge is 0.234 e. The second-order valence-electron chi connectivity index (χ2n) is 5.68. The number of rotatable bonds is 6. The van der Waals surface area contributed by atoms with Gasteiger partial charge < -0.3 is 10.1 Å². The summed E-state index contributed by atoms with van der Waals surface area (Å²) in [6.07, 6.45) is 0.819. The highest BCUT2D eigenvalue weighted by atomic mass is 32.1. The van der Waals surface area contributed by atoms with Crippen LogP contribution >= 0.6 is 11.3 Å². The van der Waals surface area contributed by atoms with Gasteiger partial charge in [-0.05, 0) is 24.1 Å². The standard InChI is InChI=1S/C18H22N2O2S/c1-2-20(12-14-6-5-11-23-14)13-18(21)19-16-9-10-22-17-8-4-3-7-15(16)17/h3-8,11,16H,2,9-10,12-13H2,1H3,(H,19,21)/t16-/m0/s1. The van der Waals surface area contributed by atoms with Crippen molar-refractivity contribution in [1.29, 1.82) is 0 Å². The normalized spacial score (nSPS) is 16.7. The summed E-state index contributed by atoms with van der Waals surface area (Å²) in [7, 11) is 0. The number of nitrogens with one attached hydrogen (secondary N) is 1. The molecule has 2 aromatic rings. The molecule has 1 amide bonds. The quantitative estimate of drug-likeness (QED) is 0.884. The first kappa shape index (κ1) is 16.0. The first-order valence-electron chi connectivity index (χ1n) is 8.02. The first-order valence-corrected chi connectivity index (χ1v) is 8.90. The van der Waals surface area contributed by atoms with Crippen molar-refractivity contribution in [3.8, 4) is 5.75 Å². The molecule has 0 fully saturated rings. The molecule has 0 saturated carbocycles. The van der Waals surface area contributed by atoms with Crippen LogP contribution in [0.2, 0.25) is 0 Å². The Morgan fingerprint density at radius 1 is 1.35 bits per heavy atom. The summed E-state index contributed by atoms with van der Waals surface area (Å²) in [6.45, 7) is 4.84. The summed E-state index contributed by atoms with van der Waals surface area (Å²) < 4.78 is 5.65. The van der Waals surface area contributed by atoms with Crippen molar-refractivity contribution < 1.29 is 9.53 Å². The van der Waals surface area contributed by atoms with E-state index in [2.05, 4.69) is 28.6 Å². The van der Waals surface area contributed by atoms with Crippen molar-refractivity contribution in [2.75, 3.05) is 19.7 Å². The van der Waals surface area contributed by atoms with Gasteiger partial charge in [0, 0.05) is 23.4 Å². The second kappa shape index (κ2) is 7.62. The number of carbonyl (C=O) groups is 1. The summed E-state index contributed by atoms with van der Waals surface area (Å²) in [5.41, 5.74) is 1.08. The molecule has 2 heterocycles. The Morgan fingerprint density at radius 3 is 3.00 bits per heavy atom. The molecule has 3 rings (SSSR count). The van der Waals surface area contributed by atoms with Crippen molar-refractivity contribution in [2.24, 2.45) is 0 Å². The van der Waals surface area contributed by atoms with Crippen LogP contribution in [0.1, 0.15) is 29.8 Å². The number of fused-ring (bicyclic) bond motifs is 1. The van der Waals surface area contributed by atoms with Gasteiger partial charge in [-0.25, -0.2) is 0 Å². The number of hydrogen-bond acceptors (Lipinski definition) is 4. The summed E-state index contributed by atoms with van der Waals surface area (Å²) in [6, 6.07) is 12.1. The van der Waals surface area contributed by atoms with Crippen LogP contribution in [0.3, 0.4) is 0 Å². The average molecular weight is 330 g/mol. The summed E-state index contributed by atoms with van der Waals surface area (Å²) >= 11 is 1.73. The van der Waals surface area contributed by atoms with Crippen LogP contribution in [0, 0.1) is 0 Å².